The topological polar surface area (TPSA) is 43.8 Å². The van der Waals surface area contributed by atoms with Crippen LogP contribution in [0.1, 0.15) is 37.9 Å². The van der Waals surface area contributed by atoms with Crippen molar-refractivity contribution in [3.63, 3.8) is 0 Å². The van der Waals surface area contributed by atoms with Crippen molar-refractivity contribution in [2.24, 2.45) is 0 Å². The first-order valence-corrected chi connectivity index (χ1v) is 5.02. The first-order chi connectivity index (χ1) is 6.20. The van der Waals surface area contributed by atoms with Gasteiger partial charge in [0.1, 0.15) is 5.82 Å². The van der Waals surface area contributed by atoms with Crippen molar-refractivity contribution < 1.29 is 0 Å². The average Bonchev–Trinajstić information content (AvgIpc) is 2.34. The first kappa shape index (κ1) is 10.1. The number of nitrogens with two attached hydrogens (primary N) is 1. The molecule has 0 aliphatic rings. The highest BCUT2D eigenvalue weighted by atomic mass is 15.3. The van der Waals surface area contributed by atoms with Crippen LogP contribution < -0.4 is 5.73 Å². The summed E-state index contributed by atoms with van der Waals surface area (Å²) in [5.41, 5.74) is 8.30. The van der Waals surface area contributed by atoms with Gasteiger partial charge in [0.25, 0.3) is 0 Å². The second-order valence-electron chi connectivity index (χ2n) is 3.42. The van der Waals surface area contributed by atoms with Gasteiger partial charge in [-0.05, 0) is 19.8 Å². The molecular weight excluding hydrogens is 162 g/mol. The molecule has 0 bridgehead atoms. The average molecular weight is 181 g/mol. The zero-order valence-corrected chi connectivity index (χ0v) is 8.80. The molecular formula is C10H19N3. The number of hydrogen-bond donors (Lipinski definition) is 1. The number of aryl methyl sites for hydroxylation is 1. The number of rotatable bonds is 4. The van der Waals surface area contributed by atoms with Gasteiger partial charge in [0.2, 0.25) is 0 Å². The highest BCUT2D eigenvalue weighted by Gasteiger charge is 2.09. The summed E-state index contributed by atoms with van der Waals surface area (Å²) in [6.07, 6.45) is 3.28. The van der Waals surface area contributed by atoms with E-state index in [0.29, 0.717) is 5.82 Å². The van der Waals surface area contributed by atoms with Crippen LogP contribution in [0.25, 0.3) is 0 Å². The van der Waals surface area contributed by atoms with E-state index in [1.54, 1.807) is 0 Å². The largest absolute Gasteiger partial charge is 0.382 e. The predicted octanol–water partition coefficient (Wildman–Crippen LogP) is 2.14. The molecule has 13 heavy (non-hydrogen) atoms. The number of hydrogen-bond acceptors (Lipinski definition) is 2. The Morgan fingerprint density at radius 1 is 1.31 bits per heavy atom. The SMILES string of the molecule is CCCc1c(N)nn(CCC)c1C. The maximum atomic E-state index is 5.83. The first-order valence-electron chi connectivity index (χ1n) is 5.02. The van der Waals surface area contributed by atoms with Gasteiger partial charge in [-0.1, -0.05) is 20.3 Å². The lowest BCUT2D eigenvalue weighted by Gasteiger charge is -2.01. The lowest BCUT2D eigenvalue weighted by Crippen LogP contribution is -2.01. The van der Waals surface area contributed by atoms with Gasteiger partial charge >= 0.3 is 0 Å². The Kier molecular flexibility index (Phi) is 3.34. The fourth-order valence-electron chi connectivity index (χ4n) is 1.60. The van der Waals surface area contributed by atoms with Crippen LogP contribution >= 0.6 is 0 Å². The normalized spacial score (nSPS) is 10.7. The van der Waals surface area contributed by atoms with Crippen LogP contribution in [-0.2, 0) is 13.0 Å². The van der Waals surface area contributed by atoms with E-state index in [1.165, 1.54) is 11.3 Å². The third-order valence-corrected chi connectivity index (χ3v) is 2.30. The van der Waals surface area contributed by atoms with Crippen molar-refractivity contribution in [3.05, 3.63) is 11.3 Å². The van der Waals surface area contributed by atoms with E-state index >= 15 is 0 Å². The van der Waals surface area contributed by atoms with Crippen molar-refractivity contribution in [3.8, 4) is 0 Å². The second-order valence-corrected chi connectivity index (χ2v) is 3.42. The van der Waals surface area contributed by atoms with Crippen molar-refractivity contribution in [1.29, 1.82) is 0 Å². The molecule has 0 spiro atoms. The molecule has 1 aromatic rings. The van der Waals surface area contributed by atoms with Crippen molar-refractivity contribution in [1.82, 2.24) is 9.78 Å². The summed E-state index contributed by atoms with van der Waals surface area (Å²) < 4.78 is 2.01. The van der Waals surface area contributed by atoms with E-state index in [9.17, 15) is 0 Å². The Labute approximate surface area is 79.9 Å². The Morgan fingerprint density at radius 2 is 2.00 bits per heavy atom. The molecule has 1 heterocycles. The summed E-state index contributed by atoms with van der Waals surface area (Å²) in [5.74, 6) is 0.716. The van der Waals surface area contributed by atoms with Gasteiger partial charge < -0.3 is 5.73 Å². The summed E-state index contributed by atoms with van der Waals surface area (Å²) >= 11 is 0. The van der Waals surface area contributed by atoms with Crippen molar-refractivity contribution in [2.45, 2.75) is 46.6 Å². The van der Waals surface area contributed by atoms with E-state index in [0.717, 1.165) is 25.8 Å². The van der Waals surface area contributed by atoms with Crippen LogP contribution in [-0.4, -0.2) is 9.78 Å². The van der Waals surface area contributed by atoms with Gasteiger partial charge in [-0.25, -0.2) is 0 Å². The fourth-order valence-corrected chi connectivity index (χ4v) is 1.60. The van der Waals surface area contributed by atoms with E-state index in [4.69, 9.17) is 5.73 Å². The number of anilines is 1. The molecule has 0 atom stereocenters. The summed E-state index contributed by atoms with van der Waals surface area (Å²) in [6.45, 7) is 7.39. The zero-order chi connectivity index (χ0) is 9.84. The molecule has 0 unspecified atom stereocenters. The van der Waals surface area contributed by atoms with Crippen LogP contribution in [0.2, 0.25) is 0 Å². The maximum absolute atomic E-state index is 5.83. The van der Waals surface area contributed by atoms with Crippen molar-refractivity contribution in [2.75, 3.05) is 5.73 Å². The lowest BCUT2D eigenvalue weighted by molar-refractivity contribution is 0.587. The predicted molar refractivity (Wildman–Crippen MR) is 55.7 cm³/mol. The van der Waals surface area contributed by atoms with Crippen molar-refractivity contribution >= 4 is 5.82 Å². The molecule has 0 saturated heterocycles. The Morgan fingerprint density at radius 3 is 2.54 bits per heavy atom. The second kappa shape index (κ2) is 4.30. The monoisotopic (exact) mass is 181 g/mol. The highest BCUT2D eigenvalue weighted by Crippen LogP contribution is 2.17. The maximum Gasteiger partial charge on any atom is 0.148 e. The molecule has 0 amide bonds. The minimum absolute atomic E-state index is 0.716. The molecule has 1 aromatic heterocycles. The van der Waals surface area contributed by atoms with Gasteiger partial charge in [-0.3, -0.25) is 4.68 Å². The molecule has 74 valence electrons. The molecule has 1 rings (SSSR count). The van der Waals surface area contributed by atoms with Gasteiger partial charge in [-0.2, -0.15) is 5.10 Å². The minimum atomic E-state index is 0.716. The number of aromatic nitrogens is 2. The minimum Gasteiger partial charge on any atom is -0.382 e. The van der Waals surface area contributed by atoms with Crippen LogP contribution in [0.15, 0.2) is 0 Å². The number of nitrogens with zero attached hydrogens (tertiary/aromatic N) is 2. The van der Waals surface area contributed by atoms with E-state index < -0.39 is 0 Å². The summed E-state index contributed by atoms with van der Waals surface area (Å²) in [6, 6.07) is 0. The Balaban J connectivity index is 2.92. The van der Waals surface area contributed by atoms with Crippen LogP contribution in [0.4, 0.5) is 5.82 Å². The van der Waals surface area contributed by atoms with Gasteiger partial charge in [0, 0.05) is 17.8 Å². The molecule has 3 nitrogen and oxygen atoms in total. The highest BCUT2D eigenvalue weighted by molar-refractivity contribution is 5.42. The smallest absolute Gasteiger partial charge is 0.148 e. The van der Waals surface area contributed by atoms with Crippen LogP contribution in [0.3, 0.4) is 0 Å². The molecule has 2 N–H and O–H groups in total. The summed E-state index contributed by atoms with van der Waals surface area (Å²) in [5, 5.41) is 4.31. The van der Waals surface area contributed by atoms with Crippen LogP contribution in [0.5, 0.6) is 0 Å². The third kappa shape index (κ3) is 2.02. The Bertz CT molecular complexity index is 276. The molecule has 0 radical (unpaired) electrons. The molecule has 0 aliphatic heterocycles. The number of nitrogen functional groups attached to an aromatic ring is 1. The summed E-state index contributed by atoms with van der Waals surface area (Å²) in [7, 11) is 0. The van der Waals surface area contributed by atoms with E-state index in [2.05, 4.69) is 25.9 Å². The molecule has 3 heteroatoms. The molecule has 0 aromatic carbocycles. The van der Waals surface area contributed by atoms with Gasteiger partial charge in [0.05, 0.1) is 0 Å². The van der Waals surface area contributed by atoms with E-state index in [1.807, 2.05) is 4.68 Å². The standard InChI is InChI=1S/C10H19N3/c1-4-6-9-8(3)13(7-5-2)12-10(9)11/h4-7H2,1-3H3,(H2,11,12). The van der Waals surface area contributed by atoms with E-state index in [-0.39, 0.29) is 0 Å². The quantitative estimate of drug-likeness (QED) is 0.773. The van der Waals surface area contributed by atoms with Gasteiger partial charge in [0.15, 0.2) is 0 Å². The summed E-state index contributed by atoms with van der Waals surface area (Å²) in [4.78, 5) is 0. The zero-order valence-electron chi connectivity index (χ0n) is 8.80. The third-order valence-electron chi connectivity index (χ3n) is 2.30. The molecule has 0 saturated carbocycles. The Hall–Kier alpha value is -0.990. The lowest BCUT2D eigenvalue weighted by atomic mass is 10.1. The van der Waals surface area contributed by atoms with Gasteiger partial charge in [-0.15, -0.1) is 0 Å². The fraction of sp³-hybridized carbons (Fsp3) is 0.700. The van der Waals surface area contributed by atoms with Crippen LogP contribution in [0, 0.1) is 6.92 Å². The molecule has 0 aliphatic carbocycles. The molecule has 0 fully saturated rings.